The number of ether oxygens (including phenoxy) is 2. The molecule has 0 saturated carbocycles. The Labute approximate surface area is 141 Å². The minimum Gasteiger partial charge on any atom is -0.462 e. The van der Waals surface area contributed by atoms with Gasteiger partial charge in [0.2, 0.25) is 0 Å². The first-order chi connectivity index (χ1) is 10.9. The van der Waals surface area contributed by atoms with Gasteiger partial charge in [0.25, 0.3) is 0 Å². The molecule has 23 heavy (non-hydrogen) atoms. The molecule has 0 aliphatic heterocycles. The third-order valence-corrected chi connectivity index (χ3v) is 3.25. The number of esters is 2. The fraction of sp³-hybridized carbons (Fsp3) is 0.684. The van der Waals surface area contributed by atoms with Gasteiger partial charge in [-0.05, 0) is 25.7 Å². The van der Waals surface area contributed by atoms with Crippen molar-refractivity contribution in [2.24, 2.45) is 5.92 Å². The predicted octanol–water partition coefficient (Wildman–Crippen LogP) is 4.84. The lowest BCUT2D eigenvalue weighted by Crippen LogP contribution is -2.12. The van der Waals surface area contributed by atoms with Crippen LogP contribution in [0.2, 0.25) is 0 Å². The molecule has 0 amide bonds. The molecule has 0 saturated heterocycles. The quantitative estimate of drug-likeness (QED) is 0.310. The molecule has 0 rings (SSSR count). The minimum atomic E-state index is -0.310. The van der Waals surface area contributed by atoms with E-state index in [1.54, 1.807) is 6.92 Å². The summed E-state index contributed by atoms with van der Waals surface area (Å²) < 4.78 is 9.79. The lowest BCUT2D eigenvalue weighted by Gasteiger charge is -2.13. The van der Waals surface area contributed by atoms with Crippen LogP contribution in [0, 0.1) is 5.92 Å². The average Bonchev–Trinajstić information content (AvgIpc) is 2.55. The Morgan fingerprint density at radius 2 is 1.70 bits per heavy atom. The van der Waals surface area contributed by atoms with Crippen LogP contribution in [0.1, 0.15) is 66.2 Å². The van der Waals surface area contributed by atoms with E-state index in [-0.39, 0.29) is 11.9 Å². The molecule has 134 valence electrons. The number of hydrogen-bond donors (Lipinski definition) is 0. The summed E-state index contributed by atoms with van der Waals surface area (Å²) in [5.41, 5.74) is 0.469. The first-order valence-electron chi connectivity index (χ1n) is 8.54. The monoisotopic (exact) mass is 326 g/mol. The third-order valence-electron chi connectivity index (χ3n) is 3.25. The van der Waals surface area contributed by atoms with Gasteiger partial charge in [-0.1, -0.05) is 59.6 Å². The molecular formula is C19H34O4. The van der Waals surface area contributed by atoms with Crippen molar-refractivity contribution in [3.05, 3.63) is 24.8 Å². The normalized spacial score (nSPS) is 10.8. The van der Waals surface area contributed by atoms with E-state index in [1.807, 2.05) is 0 Å². The Morgan fingerprint density at radius 1 is 1.09 bits per heavy atom. The third kappa shape index (κ3) is 16.6. The van der Waals surface area contributed by atoms with E-state index in [2.05, 4.69) is 33.9 Å². The van der Waals surface area contributed by atoms with Crippen molar-refractivity contribution in [1.82, 2.24) is 0 Å². The first kappa shape index (κ1) is 23.7. The molecule has 4 heteroatoms. The maximum atomic E-state index is 10.8. The number of hydrogen-bond acceptors (Lipinski definition) is 4. The Morgan fingerprint density at radius 3 is 2.13 bits per heavy atom. The van der Waals surface area contributed by atoms with Crippen molar-refractivity contribution >= 4 is 11.9 Å². The van der Waals surface area contributed by atoms with E-state index in [0.29, 0.717) is 24.7 Å². The maximum Gasteiger partial charge on any atom is 0.333 e. The Hall–Kier alpha value is -1.58. The molecule has 0 radical (unpaired) electrons. The molecule has 0 aromatic carbocycles. The molecule has 0 aromatic heterocycles. The smallest absolute Gasteiger partial charge is 0.333 e. The molecule has 0 aliphatic carbocycles. The van der Waals surface area contributed by atoms with Crippen molar-refractivity contribution in [1.29, 1.82) is 0 Å². The summed E-state index contributed by atoms with van der Waals surface area (Å²) in [6, 6.07) is 0. The summed E-state index contributed by atoms with van der Waals surface area (Å²) >= 11 is 0. The highest BCUT2D eigenvalue weighted by molar-refractivity contribution is 5.86. The first-order valence-corrected chi connectivity index (χ1v) is 8.54. The van der Waals surface area contributed by atoms with Gasteiger partial charge in [-0.15, -0.1) is 0 Å². The van der Waals surface area contributed by atoms with Crippen molar-refractivity contribution in [3.8, 4) is 0 Å². The van der Waals surface area contributed by atoms with Crippen LogP contribution in [0.5, 0.6) is 0 Å². The lowest BCUT2D eigenvalue weighted by molar-refractivity contribution is -0.140. The summed E-state index contributed by atoms with van der Waals surface area (Å²) in [6.07, 6.45) is 7.83. The van der Waals surface area contributed by atoms with E-state index in [1.165, 1.54) is 18.9 Å². The summed E-state index contributed by atoms with van der Waals surface area (Å²) in [7, 11) is 0. The molecule has 0 aliphatic rings. The number of rotatable bonds is 11. The second kappa shape index (κ2) is 16.8. The van der Waals surface area contributed by atoms with Crippen LogP contribution >= 0.6 is 0 Å². The van der Waals surface area contributed by atoms with E-state index >= 15 is 0 Å². The van der Waals surface area contributed by atoms with Crippen LogP contribution in [-0.2, 0) is 19.1 Å². The molecule has 0 fully saturated rings. The largest absolute Gasteiger partial charge is 0.462 e. The van der Waals surface area contributed by atoms with E-state index in [9.17, 15) is 9.59 Å². The lowest BCUT2D eigenvalue weighted by atomic mass is 10.0. The number of carbonyl (C=O) groups excluding carboxylic acids is 2. The van der Waals surface area contributed by atoms with Gasteiger partial charge in [-0.25, -0.2) is 9.59 Å². The highest BCUT2D eigenvalue weighted by atomic mass is 16.5. The van der Waals surface area contributed by atoms with Crippen LogP contribution in [0.4, 0.5) is 0 Å². The van der Waals surface area contributed by atoms with Gasteiger partial charge in [-0.3, -0.25) is 0 Å². The number of unbranched alkanes of at least 4 members (excludes halogenated alkanes) is 2. The van der Waals surface area contributed by atoms with Gasteiger partial charge in [0, 0.05) is 11.6 Å². The molecule has 1 unspecified atom stereocenters. The summed E-state index contributed by atoms with van der Waals surface area (Å²) in [5, 5.41) is 0. The molecule has 4 nitrogen and oxygen atoms in total. The summed E-state index contributed by atoms with van der Waals surface area (Å²) in [6.45, 7) is 15.9. The second-order valence-electron chi connectivity index (χ2n) is 5.52. The Kier molecular flexibility index (Phi) is 17.3. The maximum absolute atomic E-state index is 10.8. The molecular weight excluding hydrogens is 292 g/mol. The van der Waals surface area contributed by atoms with Crippen molar-refractivity contribution in [2.75, 3.05) is 13.2 Å². The molecule has 0 aromatic rings. The fourth-order valence-corrected chi connectivity index (χ4v) is 1.59. The molecule has 1 atom stereocenters. The van der Waals surface area contributed by atoms with Crippen molar-refractivity contribution < 1.29 is 19.1 Å². The van der Waals surface area contributed by atoms with Crippen LogP contribution in [0.15, 0.2) is 24.8 Å². The van der Waals surface area contributed by atoms with Gasteiger partial charge >= 0.3 is 11.9 Å². The highest BCUT2D eigenvalue weighted by Gasteiger charge is 2.07. The minimum absolute atomic E-state index is 0.284. The molecule has 0 spiro atoms. The predicted molar refractivity (Wildman–Crippen MR) is 95.1 cm³/mol. The van der Waals surface area contributed by atoms with Crippen LogP contribution in [-0.4, -0.2) is 25.2 Å². The zero-order chi connectivity index (χ0) is 18.1. The van der Waals surface area contributed by atoms with Crippen LogP contribution < -0.4 is 0 Å². The topological polar surface area (TPSA) is 52.6 Å². The molecule has 0 N–H and O–H groups in total. The standard InChI is InChI=1S/C11H20O2.C8H14O2/c1-4-7-8-10(5-2)9-13-11(12)6-3;1-4-5-6-10-8(9)7(2)3/h6,10H,3-5,7-9H2,1-2H3;2,4-6H2,1,3H3. The Balaban J connectivity index is 0. The van der Waals surface area contributed by atoms with Gasteiger partial charge in [-0.2, -0.15) is 0 Å². The second-order valence-corrected chi connectivity index (χ2v) is 5.52. The van der Waals surface area contributed by atoms with E-state index in [0.717, 1.165) is 25.7 Å². The van der Waals surface area contributed by atoms with Crippen molar-refractivity contribution in [3.63, 3.8) is 0 Å². The van der Waals surface area contributed by atoms with Gasteiger partial charge in [0.15, 0.2) is 0 Å². The molecule has 0 bridgehead atoms. The highest BCUT2D eigenvalue weighted by Crippen LogP contribution is 2.12. The average molecular weight is 326 g/mol. The summed E-state index contributed by atoms with van der Waals surface area (Å²) in [5.74, 6) is -0.0766. The van der Waals surface area contributed by atoms with E-state index < -0.39 is 0 Å². The van der Waals surface area contributed by atoms with Crippen LogP contribution in [0.25, 0.3) is 0 Å². The van der Waals surface area contributed by atoms with E-state index in [4.69, 9.17) is 9.47 Å². The summed E-state index contributed by atoms with van der Waals surface area (Å²) in [4.78, 5) is 21.5. The Bertz CT molecular complexity index is 347. The molecule has 0 heterocycles. The van der Waals surface area contributed by atoms with Crippen molar-refractivity contribution in [2.45, 2.75) is 66.2 Å². The van der Waals surface area contributed by atoms with Crippen LogP contribution in [0.3, 0.4) is 0 Å². The van der Waals surface area contributed by atoms with Gasteiger partial charge in [0.1, 0.15) is 0 Å². The zero-order valence-corrected chi connectivity index (χ0v) is 15.4. The number of carbonyl (C=O) groups is 2. The SMILES string of the molecule is C=C(C)C(=O)OCCCC.C=CC(=O)OCC(CC)CCCC. The van der Waals surface area contributed by atoms with Gasteiger partial charge < -0.3 is 9.47 Å². The fourth-order valence-electron chi connectivity index (χ4n) is 1.59. The zero-order valence-electron chi connectivity index (χ0n) is 15.4. The van der Waals surface area contributed by atoms with Gasteiger partial charge in [0.05, 0.1) is 13.2 Å².